The Balaban J connectivity index is 1.81. The zero-order valence-corrected chi connectivity index (χ0v) is 11.3. The lowest BCUT2D eigenvalue weighted by Crippen LogP contribution is -2.42. The van der Waals surface area contributed by atoms with Gasteiger partial charge in [0.1, 0.15) is 0 Å². The van der Waals surface area contributed by atoms with Gasteiger partial charge in [0.05, 0.1) is 13.1 Å². The fourth-order valence-corrected chi connectivity index (χ4v) is 2.87. The first-order chi connectivity index (χ1) is 8.75. The van der Waals surface area contributed by atoms with Gasteiger partial charge in [0.15, 0.2) is 5.17 Å². The van der Waals surface area contributed by atoms with E-state index >= 15 is 0 Å². The van der Waals surface area contributed by atoms with Crippen LogP contribution in [0.5, 0.6) is 0 Å². The van der Waals surface area contributed by atoms with Gasteiger partial charge >= 0.3 is 0 Å². The zero-order valence-electron chi connectivity index (χ0n) is 10.5. The van der Waals surface area contributed by atoms with Gasteiger partial charge in [0.25, 0.3) is 0 Å². The van der Waals surface area contributed by atoms with Crippen molar-refractivity contribution in [2.75, 3.05) is 25.4 Å². The Morgan fingerprint density at radius 1 is 1.33 bits per heavy atom. The molecule has 0 aromatic rings. The van der Waals surface area contributed by atoms with E-state index in [4.69, 9.17) is 0 Å². The summed E-state index contributed by atoms with van der Waals surface area (Å²) in [6, 6.07) is 0. The molecule has 2 aliphatic heterocycles. The van der Waals surface area contributed by atoms with Gasteiger partial charge in [-0.1, -0.05) is 24.6 Å². The molecule has 1 fully saturated rings. The Labute approximate surface area is 111 Å². The van der Waals surface area contributed by atoms with Crippen LogP contribution in [0.25, 0.3) is 0 Å². The van der Waals surface area contributed by atoms with Gasteiger partial charge in [-0.05, 0) is 12.8 Å². The lowest BCUT2D eigenvalue weighted by Gasteiger charge is -2.24. The van der Waals surface area contributed by atoms with Crippen LogP contribution in [0.4, 0.5) is 0 Å². The number of carbonyl (C=O) groups is 2. The van der Waals surface area contributed by atoms with Crippen molar-refractivity contribution in [1.29, 1.82) is 0 Å². The Bertz CT molecular complexity index is 357. The molecule has 0 aromatic carbocycles. The highest BCUT2D eigenvalue weighted by Gasteiger charge is 2.19. The predicted octanol–water partition coefficient (Wildman–Crippen LogP) is 0.998. The van der Waals surface area contributed by atoms with Gasteiger partial charge in [0, 0.05) is 18.7 Å². The van der Waals surface area contributed by atoms with Crippen LogP contribution in [0, 0.1) is 0 Å². The van der Waals surface area contributed by atoms with Crippen LogP contribution in [-0.4, -0.2) is 47.3 Å². The fraction of sp³-hybridized carbons (Fsp3) is 0.750. The Hall–Kier alpha value is -1.04. The Morgan fingerprint density at radius 2 is 2.17 bits per heavy atom. The molecular weight excluding hydrogens is 250 g/mol. The molecule has 100 valence electrons. The fourth-order valence-electron chi connectivity index (χ4n) is 2.13. The van der Waals surface area contributed by atoms with E-state index in [1.165, 1.54) is 0 Å². The number of hydrogen-bond donors (Lipinski definition) is 1. The minimum absolute atomic E-state index is 0.103. The highest BCUT2D eigenvalue weighted by Crippen LogP contribution is 2.12. The quantitative estimate of drug-likeness (QED) is 0.813. The number of aliphatic imine (C=N–C) groups is 1. The van der Waals surface area contributed by atoms with Crippen LogP contribution in [0.1, 0.15) is 32.1 Å². The number of likely N-dealkylation sites (tertiary alicyclic amines) is 1. The SMILES string of the molecule is O=C(CN1CCCCCCC1=O)NC1=NCCS1. The van der Waals surface area contributed by atoms with Gasteiger partial charge in [-0.25, -0.2) is 0 Å². The first-order valence-corrected chi connectivity index (χ1v) is 7.49. The van der Waals surface area contributed by atoms with Crippen LogP contribution in [-0.2, 0) is 9.59 Å². The summed E-state index contributed by atoms with van der Waals surface area (Å²) < 4.78 is 0. The van der Waals surface area contributed by atoms with E-state index < -0.39 is 0 Å². The van der Waals surface area contributed by atoms with Crippen molar-refractivity contribution in [3.63, 3.8) is 0 Å². The lowest BCUT2D eigenvalue weighted by molar-refractivity contribution is -0.136. The summed E-state index contributed by atoms with van der Waals surface area (Å²) in [7, 11) is 0. The van der Waals surface area contributed by atoms with Crippen molar-refractivity contribution in [3.05, 3.63) is 0 Å². The van der Waals surface area contributed by atoms with Gasteiger partial charge in [0.2, 0.25) is 11.8 Å². The maximum Gasteiger partial charge on any atom is 0.245 e. The molecule has 6 heteroatoms. The number of hydrogen-bond acceptors (Lipinski definition) is 4. The summed E-state index contributed by atoms with van der Waals surface area (Å²) >= 11 is 1.56. The second-order valence-electron chi connectivity index (χ2n) is 4.56. The molecular formula is C12H19N3O2S. The van der Waals surface area contributed by atoms with E-state index in [0.717, 1.165) is 38.0 Å². The van der Waals surface area contributed by atoms with Crippen LogP contribution in [0.2, 0.25) is 0 Å². The van der Waals surface area contributed by atoms with Crippen LogP contribution >= 0.6 is 11.8 Å². The normalized spacial score (nSPS) is 21.2. The monoisotopic (exact) mass is 269 g/mol. The lowest BCUT2D eigenvalue weighted by atomic mass is 10.1. The summed E-state index contributed by atoms with van der Waals surface area (Å²) in [4.78, 5) is 29.5. The molecule has 2 aliphatic rings. The average Bonchev–Trinajstić information content (AvgIpc) is 2.81. The van der Waals surface area contributed by atoms with Crippen LogP contribution in [0.3, 0.4) is 0 Å². The van der Waals surface area contributed by atoms with Crippen LogP contribution in [0.15, 0.2) is 4.99 Å². The third-order valence-electron chi connectivity index (χ3n) is 3.09. The third kappa shape index (κ3) is 4.01. The topological polar surface area (TPSA) is 61.8 Å². The van der Waals surface area contributed by atoms with E-state index in [1.807, 2.05) is 0 Å². The molecule has 0 bridgehead atoms. The minimum atomic E-state index is -0.128. The number of rotatable bonds is 2. The Kier molecular flexibility index (Phi) is 5.04. The molecule has 2 rings (SSSR count). The second-order valence-corrected chi connectivity index (χ2v) is 5.65. The van der Waals surface area contributed by atoms with Crippen molar-refractivity contribution in [2.45, 2.75) is 32.1 Å². The maximum absolute atomic E-state index is 11.9. The Morgan fingerprint density at radius 3 is 2.94 bits per heavy atom. The smallest absolute Gasteiger partial charge is 0.245 e. The van der Waals surface area contributed by atoms with Gasteiger partial charge in [-0.15, -0.1) is 0 Å². The molecule has 1 saturated heterocycles. The van der Waals surface area contributed by atoms with Crippen molar-refractivity contribution >= 4 is 28.7 Å². The molecule has 5 nitrogen and oxygen atoms in total. The van der Waals surface area contributed by atoms with Crippen molar-refractivity contribution in [1.82, 2.24) is 10.2 Å². The molecule has 0 unspecified atom stereocenters. The molecule has 2 amide bonds. The summed E-state index contributed by atoms with van der Waals surface area (Å²) in [6.45, 7) is 1.63. The minimum Gasteiger partial charge on any atom is -0.333 e. The largest absolute Gasteiger partial charge is 0.333 e. The second kappa shape index (κ2) is 6.78. The molecule has 0 aliphatic carbocycles. The van der Waals surface area contributed by atoms with E-state index in [-0.39, 0.29) is 18.4 Å². The van der Waals surface area contributed by atoms with Crippen LogP contribution < -0.4 is 5.32 Å². The predicted molar refractivity (Wildman–Crippen MR) is 72.6 cm³/mol. The number of amides is 2. The van der Waals surface area contributed by atoms with E-state index in [1.54, 1.807) is 16.7 Å². The van der Waals surface area contributed by atoms with E-state index in [0.29, 0.717) is 18.1 Å². The van der Waals surface area contributed by atoms with E-state index in [9.17, 15) is 9.59 Å². The number of amidine groups is 1. The van der Waals surface area contributed by atoms with E-state index in [2.05, 4.69) is 10.3 Å². The molecule has 0 atom stereocenters. The molecule has 0 saturated carbocycles. The molecule has 0 spiro atoms. The number of thioether (sulfide) groups is 1. The van der Waals surface area contributed by atoms with Crippen molar-refractivity contribution in [2.24, 2.45) is 4.99 Å². The van der Waals surface area contributed by atoms with Gasteiger partial charge < -0.3 is 10.2 Å². The molecule has 1 N–H and O–H groups in total. The molecule has 0 radical (unpaired) electrons. The van der Waals surface area contributed by atoms with Gasteiger partial charge in [-0.2, -0.15) is 0 Å². The first-order valence-electron chi connectivity index (χ1n) is 6.50. The number of carbonyl (C=O) groups excluding carboxylic acids is 2. The standard InChI is InChI=1S/C12H19N3O2S/c16-10(14-12-13-6-8-18-12)9-15-7-4-2-1-3-5-11(15)17/h1-9H2,(H,13,14,16). The molecule has 0 aromatic heterocycles. The molecule has 2 heterocycles. The van der Waals surface area contributed by atoms with Crippen molar-refractivity contribution in [3.8, 4) is 0 Å². The number of nitrogens with one attached hydrogen (secondary N) is 1. The highest BCUT2D eigenvalue weighted by molar-refractivity contribution is 8.14. The first kappa shape index (κ1) is 13.4. The average molecular weight is 269 g/mol. The zero-order chi connectivity index (χ0) is 12.8. The summed E-state index contributed by atoms with van der Waals surface area (Å²) in [6.07, 6.45) is 4.78. The molecule has 18 heavy (non-hydrogen) atoms. The summed E-state index contributed by atoms with van der Waals surface area (Å²) in [5.41, 5.74) is 0. The van der Waals surface area contributed by atoms with Crippen molar-refractivity contribution < 1.29 is 9.59 Å². The third-order valence-corrected chi connectivity index (χ3v) is 3.98. The van der Waals surface area contributed by atoms with Gasteiger partial charge in [-0.3, -0.25) is 14.6 Å². The maximum atomic E-state index is 11.9. The summed E-state index contributed by atoms with van der Waals surface area (Å²) in [5.74, 6) is 0.904. The number of nitrogens with zero attached hydrogens (tertiary/aromatic N) is 2. The highest BCUT2D eigenvalue weighted by atomic mass is 32.2. The summed E-state index contributed by atoms with van der Waals surface area (Å²) in [5, 5.41) is 3.46.